The zero-order valence-corrected chi connectivity index (χ0v) is 12.6. The SMILES string of the molecule is CNC(CCCC(=O)O)c1c(C)c(C)cc(C)c1C. The molecule has 19 heavy (non-hydrogen) atoms. The van der Waals surface area contributed by atoms with Gasteiger partial charge in [0.1, 0.15) is 0 Å². The van der Waals surface area contributed by atoms with Crippen LogP contribution in [0.15, 0.2) is 6.07 Å². The van der Waals surface area contributed by atoms with Crippen LogP contribution in [0.4, 0.5) is 0 Å². The second kappa shape index (κ2) is 6.71. The maximum Gasteiger partial charge on any atom is 0.303 e. The van der Waals surface area contributed by atoms with E-state index < -0.39 is 5.97 Å². The molecule has 1 atom stereocenters. The number of hydrogen-bond acceptors (Lipinski definition) is 2. The zero-order valence-electron chi connectivity index (χ0n) is 12.6. The molecule has 0 aliphatic carbocycles. The molecule has 1 aromatic rings. The van der Waals surface area contributed by atoms with Crippen LogP contribution in [0.3, 0.4) is 0 Å². The van der Waals surface area contributed by atoms with Crippen molar-refractivity contribution in [2.24, 2.45) is 0 Å². The van der Waals surface area contributed by atoms with Crippen LogP contribution in [0.1, 0.15) is 53.1 Å². The zero-order chi connectivity index (χ0) is 14.6. The van der Waals surface area contributed by atoms with Crippen LogP contribution in [0.25, 0.3) is 0 Å². The van der Waals surface area contributed by atoms with Crippen LogP contribution in [0, 0.1) is 27.7 Å². The van der Waals surface area contributed by atoms with Crippen molar-refractivity contribution in [2.75, 3.05) is 7.05 Å². The van der Waals surface area contributed by atoms with Gasteiger partial charge in [0.05, 0.1) is 0 Å². The van der Waals surface area contributed by atoms with E-state index in [0.717, 1.165) is 6.42 Å². The molecule has 0 radical (unpaired) electrons. The summed E-state index contributed by atoms with van der Waals surface area (Å²) in [6.07, 6.45) is 1.79. The van der Waals surface area contributed by atoms with Crippen LogP contribution in [0.5, 0.6) is 0 Å². The Morgan fingerprint density at radius 1 is 1.21 bits per heavy atom. The molecular weight excluding hydrogens is 238 g/mol. The molecule has 0 amide bonds. The highest BCUT2D eigenvalue weighted by Gasteiger charge is 2.17. The second-order valence-corrected chi connectivity index (χ2v) is 5.30. The number of carboxylic acid groups (broad SMARTS) is 1. The molecule has 0 saturated carbocycles. The van der Waals surface area contributed by atoms with Gasteiger partial charge in [-0.2, -0.15) is 0 Å². The Morgan fingerprint density at radius 3 is 2.16 bits per heavy atom. The minimum absolute atomic E-state index is 0.234. The lowest BCUT2D eigenvalue weighted by molar-refractivity contribution is -0.137. The highest BCUT2D eigenvalue weighted by atomic mass is 16.4. The molecule has 106 valence electrons. The fraction of sp³-hybridized carbons (Fsp3) is 0.562. The van der Waals surface area contributed by atoms with Crippen molar-refractivity contribution in [2.45, 2.75) is 53.0 Å². The van der Waals surface area contributed by atoms with Gasteiger partial charge in [0.25, 0.3) is 0 Å². The van der Waals surface area contributed by atoms with Crippen molar-refractivity contribution >= 4 is 5.97 Å². The minimum Gasteiger partial charge on any atom is -0.481 e. The molecule has 0 saturated heterocycles. The van der Waals surface area contributed by atoms with Crippen LogP contribution in [-0.2, 0) is 4.79 Å². The number of benzene rings is 1. The molecule has 0 aliphatic rings. The third-order valence-corrected chi connectivity index (χ3v) is 4.00. The molecule has 0 spiro atoms. The molecule has 1 rings (SSSR count). The smallest absolute Gasteiger partial charge is 0.303 e. The summed E-state index contributed by atoms with van der Waals surface area (Å²) in [5.41, 5.74) is 6.58. The standard InChI is InChI=1S/C16H25NO2/c1-10-9-11(2)13(4)16(12(10)3)14(17-5)7-6-8-15(18)19/h9,14,17H,6-8H2,1-5H3,(H,18,19). The molecule has 1 unspecified atom stereocenters. The third kappa shape index (κ3) is 3.80. The first-order valence-electron chi connectivity index (χ1n) is 6.84. The predicted octanol–water partition coefficient (Wildman–Crippen LogP) is 3.44. The molecule has 3 nitrogen and oxygen atoms in total. The number of aliphatic carboxylic acids is 1. The number of aryl methyl sites for hydroxylation is 2. The molecule has 0 aromatic heterocycles. The van der Waals surface area contributed by atoms with Crippen molar-refractivity contribution in [3.8, 4) is 0 Å². The monoisotopic (exact) mass is 263 g/mol. The summed E-state index contributed by atoms with van der Waals surface area (Å²) in [5.74, 6) is -0.719. The normalized spacial score (nSPS) is 12.5. The highest BCUT2D eigenvalue weighted by molar-refractivity contribution is 5.66. The lowest BCUT2D eigenvalue weighted by atomic mass is 9.88. The van der Waals surface area contributed by atoms with Crippen molar-refractivity contribution < 1.29 is 9.90 Å². The van der Waals surface area contributed by atoms with Crippen molar-refractivity contribution in [3.05, 3.63) is 33.9 Å². The summed E-state index contributed by atoms with van der Waals surface area (Å²) in [7, 11) is 1.95. The van der Waals surface area contributed by atoms with Gasteiger partial charge in [-0.1, -0.05) is 6.07 Å². The average molecular weight is 263 g/mol. The van der Waals surface area contributed by atoms with E-state index in [0.29, 0.717) is 6.42 Å². The summed E-state index contributed by atoms with van der Waals surface area (Å²) in [4.78, 5) is 10.6. The Hall–Kier alpha value is -1.35. The number of hydrogen-bond donors (Lipinski definition) is 2. The van der Waals surface area contributed by atoms with Gasteiger partial charge in [0.2, 0.25) is 0 Å². The summed E-state index contributed by atoms with van der Waals surface area (Å²) < 4.78 is 0. The van der Waals surface area contributed by atoms with Gasteiger partial charge in [-0.25, -0.2) is 0 Å². The summed E-state index contributed by atoms with van der Waals surface area (Å²) >= 11 is 0. The van der Waals surface area contributed by atoms with Crippen molar-refractivity contribution in [1.29, 1.82) is 0 Å². The van der Waals surface area contributed by atoms with Gasteiger partial charge in [-0.05, 0) is 75.4 Å². The summed E-state index contributed by atoms with van der Waals surface area (Å²) in [6, 6.07) is 2.45. The third-order valence-electron chi connectivity index (χ3n) is 4.00. The van der Waals surface area contributed by atoms with Gasteiger partial charge in [0.15, 0.2) is 0 Å². The molecule has 2 N–H and O–H groups in total. The van der Waals surface area contributed by atoms with Crippen LogP contribution in [-0.4, -0.2) is 18.1 Å². The second-order valence-electron chi connectivity index (χ2n) is 5.30. The van der Waals surface area contributed by atoms with Crippen LogP contribution in [0.2, 0.25) is 0 Å². The average Bonchev–Trinajstić information content (AvgIpc) is 2.34. The molecule has 0 bridgehead atoms. The number of rotatable bonds is 6. The first-order valence-corrected chi connectivity index (χ1v) is 6.84. The fourth-order valence-corrected chi connectivity index (χ4v) is 2.66. The van der Waals surface area contributed by atoms with E-state index >= 15 is 0 Å². The molecule has 3 heteroatoms. The van der Waals surface area contributed by atoms with Gasteiger partial charge >= 0.3 is 5.97 Å². The first kappa shape index (κ1) is 15.7. The lowest BCUT2D eigenvalue weighted by Gasteiger charge is -2.23. The lowest BCUT2D eigenvalue weighted by Crippen LogP contribution is -2.20. The molecule has 0 fully saturated rings. The number of nitrogens with one attached hydrogen (secondary N) is 1. The van der Waals surface area contributed by atoms with Crippen molar-refractivity contribution in [3.63, 3.8) is 0 Å². The van der Waals surface area contributed by atoms with E-state index in [1.54, 1.807) is 0 Å². The quantitative estimate of drug-likeness (QED) is 0.826. The number of carboxylic acids is 1. The Labute approximate surface area is 116 Å². The molecule has 1 aromatic carbocycles. The highest BCUT2D eigenvalue weighted by Crippen LogP contribution is 2.30. The van der Waals surface area contributed by atoms with Gasteiger partial charge in [0, 0.05) is 12.5 Å². The van der Waals surface area contributed by atoms with E-state index in [1.807, 2.05) is 7.05 Å². The molecule has 0 aliphatic heterocycles. The predicted molar refractivity (Wildman–Crippen MR) is 78.7 cm³/mol. The summed E-state index contributed by atoms with van der Waals surface area (Å²) in [5, 5.41) is 12.1. The fourth-order valence-electron chi connectivity index (χ4n) is 2.66. The Balaban J connectivity index is 3.01. The van der Waals surface area contributed by atoms with Gasteiger partial charge in [-0.15, -0.1) is 0 Å². The first-order chi connectivity index (χ1) is 8.88. The van der Waals surface area contributed by atoms with Crippen LogP contribution < -0.4 is 5.32 Å². The van der Waals surface area contributed by atoms with E-state index in [9.17, 15) is 4.79 Å². The van der Waals surface area contributed by atoms with E-state index in [2.05, 4.69) is 39.1 Å². The minimum atomic E-state index is -0.719. The largest absolute Gasteiger partial charge is 0.481 e. The van der Waals surface area contributed by atoms with E-state index in [-0.39, 0.29) is 12.5 Å². The maximum absolute atomic E-state index is 10.6. The maximum atomic E-state index is 10.6. The van der Waals surface area contributed by atoms with E-state index in [1.165, 1.54) is 27.8 Å². The van der Waals surface area contributed by atoms with Gasteiger partial charge < -0.3 is 10.4 Å². The Morgan fingerprint density at radius 2 is 1.74 bits per heavy atom. The Bertz CT molecular complexity index is 440. The van der Waals surface area contributed by atoms with Crippen LogP contribution >= 0.6 is 0 Å². The Kier molecular flexibility index (Phi) is 5.55. The topological polar surface area (TPSA) is 49.3 Å². The van der Waals surface area contributed by atoms with Crippen molar-refractivity contribution in [1.82, 2.24) is 5.32 Å². The van der Waals surface area contributed by atoms with Gasteiger partial charge in [-0.3, -0.25) is 4.79 Å². The number of carbonyl (C=O) groups is 1. The molecular formula is C16H25NO2. The van der Waals surface area contributed by atoms with E-state index in [4.69, 9.17) is 5.11 Å². The molecule has 0 heterocycles. The summed E-state index contributed by atoms with van der Waals surface area (Å²) in [6.45, 7) is 8.57.